The van der Waals surface area contributed by atoms with Crippen LogP contribution in [0.3, 0.4) is 0 Å². The van der Waals surface area contributed by atoms with Crippen molar-refractivity contribution in [2.45, 2.75) is 26.8 Å². The number of amides is 1. The first kappa shape index (κ1) is 16.8. The third kappa shape index (κ3) is 3.74. The molecule has 0 saturated heterocycles. The number of esters is 1. The third-order valence-electron chi connectivity index (χ3n) is 3.84. The number of hydrogen-bond acceptors (Lipinski definition) is 5. The van der Waals surface area contributed by atoms with Gasteiger partial charge in [0.1, 0.15) is 28.4 Å². The van der Waals surface area contributed by atoms with E-state index in [2.05, 4.69) is 5.32 Å². The number of carbonyl (C=O) groups is 2. The molecule has 0 aliphatic rings. The minimum atomic E-state index is -0.583. The molecule has 6 heteroatoms. The zero-order chi connectivity index (χ0) is 18.0. The van der Waals surface area contributed by atoms with E-state index in [0.717, 1.165) is 11.0 Å². The average molecular weight is 341 g/mol. The van der Waals surface area contributed by atoms with Gasteiger partial charge in [-0.2, -0.15) is 0 Å². The standard InChI is InChI=1S/C19H19NO5/c1-11-8-15(13(3)24-11)19(22)23-10-18(21)20-12(2)17-9-14-6-4-5-7-16(14)25-17/h4-9,12H,10H2,1-3H3,(H,20,21)/t12-/m0/s1. The summed E-state index contributed by atoms with van der Waals surface area (Å²) in [7, 11) is 0. The lowest BCUT2D eigenvalue weighted by Crippen LogP contribution is -2.31. The van der Waals surface area contributed by atoms with E-state index in [0.29, 0.717) is 22.8 Å². The number of hydrogen-bond donors (Lipinski definition) is 1. The number of rotatable bonds is 5. The molecule has 0 aliphatic heterocycles. The topological polar surface area (TPSA) is 81.7 Å². The van der Waals surface area contributed by atoms with Crippen molar-refractivity contribution in [3.8, 4) is 0 Å². The van der Waals surface area contributed by atoms with Crippen molar-refractivity contribution >= 4 is 22.8 Å². The molecule has 6 nitrogen and oxygen atoms in total. The Labute approximate surface area is 144 Å². The van der Waals surface area contributed by atoms with Crippen LogP contribution in [0.4, 0.5) is 0 Å². The molecule has 0 spiro atoms. The largest absolute Gasteiger partial charge is 0.466 e. The van der Waals surface area contributed by atoms with Crippen molar-refractivity contribution in [1.29, 1.82) is 0 Å². The Morgan fingerprint density at radius 2 is 1.92 bits per heavy atom. The highest BCUT2D eigenvalue weighted by molar-refractivity contribution is 5.92. The molecule has 1 aromatic carbocycles. The van der Waals surface area contributed by atoms with Crippen molar-refractivity contribution in [2.75, 3.05) is 6.61 Å². The van der Waals surface area contributed by atoms with Gasteiger partial charge < -0.3 is 18.9 Å². The maximum absolute atomic E-state index is 12.0. The van der Waals surface area contributed by atoms with Crippen LogP contribution in [0.1, 0.15) is 40.6 Å². The highest BCUT2D eigenvalue weighted by Crippen LogP contribution is 2.23. The molecule has 0 bridgehead atoms. The van der Waals surface area contributed by atoms with Crippen molar-refractivity contribution in [3.05, 3.63) is 59.2 Å². The highest BCUT2D eigenvalue weighted by Gasteiger charge is 2.18. The van der Waals surface area contributed by atoms with Crippen molar-refractivity contribution in [2.24, 2.45) is 0 Å². The molecular weight excluding hydrogens is 322 g/mol. The lowest BCUT2D eigenvalue weighted by Gasteiger charge is -2.11. The van der Waals surface area contributed by atoms with Gasteiger partial charge in [0.15, 0.2) is 6.61 Å². The number of nitrogens with one attached hydrogen (secondary N) is 1. The van der Waals surface area contributed by atoms with Gasteiger partial charge in [-0.25, -0.2) is 4.79 Å². The van der Waals surface area contributed by atoms with Crippen LogP contribution in [0, 0.1) is 13.8 Å². The Hall–Kier alpha value is -3.02. The molecule has 1 N–H and O–H groups in total. The Kier molecular flexibility index (Phi) is 4.61. The highest BCUT2D eigenvalue weighted by atomic mass is 16.5. The second kappa shape index (κ2) is 6.84. The van der Waals surface area contributed by atoms with Crippen LogP contribution in [0.25, 0.3) is 11.0 Å². The number of carbonyl (C=O) groups excluding carboxylic acids is 2. The first-order valence-electron chi connectivity index (χ1n) is 7.96. The maximum atomic E-state index is 12.0. The Morgan fingerprint density at radius 1 is 1.16 bits per heavy atom. The van der Waals surface area contributed by atoms with E-state index in [1.54, 1.807) is 26.8 Å². The quantitative estimate of drug-likeness (QED) is 0.716. The van der Waals surface area contributed by atoms with E-state index in [9.17, 15) is 9.59 Å². The number of aryl methyl sites for hydroxylation is 2. The van der Waals surface area contributed by atoms with Crippen LogP contribution in [-0.2, 0) is 9.53 Å². The van der Waals surface area contributed by atoms with Crippen LogP contribution >= 0.6 is 0 Å². The first-order valence-corrected chi connectivity index (χ1v) is 7.96. The number of furan rings is 2. The van der Waals surface area contributed by atoms with E-state index >= 15 is 0 Å². The smallest absolute Gasteiger partial charge is 0.342 e. The monoisotopic (exact) mass is 341 g/mol. The Bertz CT molecular complexity index is 888. The number of benzene rings is 1. The molecule has 0 unspecified atom stereocenters. The zero-order valence-corrected chi connectivity index (χ0v) is 14.3. The summed E-state index contributed by atoms with van der Waals surface area (Å²) < 4.78 is 16.0. The lowest BCUT2D eigenvalue weighted by atomic mass is 10.2. The molecule has 130 valence electrons. The van der Waals surface area contributed by atoms with E-state index in [-0.39, 0.29) is 12.6 Å². The molecule has 3 aromatic rings. The van der Waals surface area contributed by atoms with E-state index in [4.69, 9.17) is 13.6 Å². The second-order valence-electron chi connectivity index (χ2n) is 5.88. The molecule has 0 aliphatic carbocycles. The van der Waals surface area contributed by atoms with Crippen LogP contribution in [0.5, 0.6) is 0 Å². The number of para-hydroxylation sites is 1. The summed E-state index contributed by atoms with van der Waals surface area (Å²) in [5, 5.41) is 3.72. The second-order valence-corrected chi connectivity index (χ2v) is 5.88. The summed E-state index contributed by atoms with van der Waals surface area (Å²) >= 11 is 0. The van der Waals surface area contributed by atoms with Gasteiger partial charge in [-0.15, -0.1) is 0 Å². The maximum Gasteiger partial charge on any atom is 0.342 e. The molecule has 25 heavy (non-hydrogen) atoms. The predicted molar refractivity (Wildman–Crippen MR) is 91.2 cm³/mol. The molecular formula is C19H19NO5. The summed E-state index contributed by atoms with van der Waals surface area (Å²) in [4.78, 5) is 24.0. The lowest BCUT2D eigenvalue weighted by molar-refractivity contribution is -0.125. The Morgan fingerprint density at radius 3 is 2.60 bits per heavy atom. The predicted octanol–water partition coefficient (Wildman–Crippen LogP) is 3.68. The van der Waals surface area contributed by atoms with Gasteiger partial charge >= 0.3 is 5.97 Å². The van der Waals surface area contributed by atoms with Crippen LogP contribution in [-0.4, -0.2) is 18.5 Å². The van der Waals surface area contributed by atoms with Crippen LogP contribution < -0.4 is 5.32 Å². The van der Waals surface area contributed by atoms with Gasteiger partial charge in [0.05, 0.1) is 6.04 Å². The fraction of sp³-hybridized carbons (Fsp3) is 0.263. The van der Waals surface area contributed by atoms with Gasteiger partial charge in [0.2, 0.25) is 0 Å². The van der Waals surface area contributed by atoms with Crippen LogP contribution in [0.2, 0.25) is 0 Å². The fourth-order valence-electron chi connectivity index (χ4n) is 2.61. The SMILES string of the molecule is Cc1cc(C(=O)OCC(=O)N[C@@H](C)c2cc3ccccc3o2)c(C)o1. The molecule has 2 heterocycles. The molecule has 0 fully saturated rings. The van der Waals surface area contributed by atoms with Crippen molar-refractivity contribution in [3.63, 3.8) is 0 Å². The summed E-state index contributed by atoms with van der Waals surface area (Å²) in [5.41, 5.74) is 1.09. The van der Waals surface area contributed by atoms with E-state index in [1.165, 1.54) is 0 Å². The first-order chi connectivity index (χ1) is 11.9. The summed E-state index contributed by atoms with van der Waals surface area (Å²) in [6.07, 6.45) is 0. The third-order valence-corrected chi connectivity index (χ3v) is 3.84. The van der Waals surface area contributed by atoms with Crippen molar-refractivity contribution in [1.82, 2.24) is 5.32 Å². The minimum Gasteiger partial charge on any atom is -0.466 e. The van der Waals surface area contributed by atoms with Gasteiger partial charge in [-0.3, -0.25) is 4.79 Å². The average Bonchev–Trinajstić information content (AvgIpc) is 3.15. The molecule has 0 radical (unpaired) electrons. The Balaban J connectivity index is 1.56. The van der Waals surface area contributed by atoms with Gasteiger partial charge in [-0.1, -0.05) is 18.2 Å². The van der Waals surface area contributed by atoms with Crippen molar-refractivity contribution < 1.29 is 23.2 Å². The normalized spacial score (nSPS) is 12.1. The van der Waals surface area contributed by atoms with Crippen LogP contribution in [0.15, 0.2) is 45.2 Å². The number of ether oxygens (including phenoxy) is 1. The van der Waals surface area contributed by atoms with Gasteiger partial charge in [0, 0.05) is 5.39 Å². The van der Waals surface area contributed by atoms with E-state index in [1.807, 2.05) is 30.3 Å². The minimum absolute atomic E-state index is 0.329. The van der Waals surface area contributed by atoms with Gasteiger partial charge in [0.25, 0.3) is 5.91 Å². The summed E-state index contributed by atoms with van der Waals surface area (Å²) in [6, 6.07) is 10.7. The molecule has 0 saturated carbocycles. The fourth-order valence-corrected chi connectivity index (χ4v) is 2.61. The van der Waals surface area contributed by atoms with Gasteiger partial charge in [-0.05, 0) is 39.0 Å². The summed E-state index contributed by atoms with van der Waals surface area (Å²) in [6.45, 7) is 4.85. The molecule has 1 atom stereocenters. The van der Waals surface area contributed by atoms with E-state index < -0.39 is 11.9 Å². The molecule has 3 rings (SSSR count). The molecule has 2 aromatic heterocycles. The zero-order valence-electron chi connectivity index (χ0n) is 14.3. The number of fused-ring (bicyclic) bond motifs is 1. The molecule has 1 amide bonds. The summed E-state index contributed by atoms with van der Waals surface area (Å²) in [5.74, 6) is 0.744.